The first-order chi connectivity index (χ1) is 17.0. The summed E-state index contributed by atoms with van der Waals surface area (Å²) in [6, 6.07) is 19.9. The molecule has 2 fully saturated rings. The van der Waals surface area contributed by atoms with E-state index in [2.05, 4.69) is 50.8 Å². The lowest BCUT2D eigenvalue weighted by molar-refractivity contribution is -0.138. The van der Waals surface area contributed by atoms with E-state index in [4.69, 9.17) is 0 Å². The van der Waals surface area contributed by atoms with Crippen molar-refractivity contribution in [3.05, 3.63) is 71.8 Å². The van der Waals surface area contributed by atoms with Crippen LogP contribution in [0.2, 0.25) is 0 Å². The summed E-state index contributed by atoms with van der Waals surface area (Å²) in [5.41, 5.74) is 2.42. The van der Waals surface area contributed by atoms with Gasteiger partial charge < -0.3 is 20.4 Å². The molecule has 2 saturated heterocycles. The molecule has 2 aliphatic heterocycles. The van der Waals surface area contributed by atoms with Gasteiger partial charge in [0.25, 0.3) is 0 Å². The summed E-state index contributed by atoms with van der Waals surface area (Å²) >= 11 is 0. The molecule has 2 amide bonds. The van der Waals surface area contributed by atoms with Crippen molar-refractivity contribution in [1.82, 2.24) is 20.4 Å². The Morgan fingerprint density at radius 3 is 2.34 bits per heavy atom. The SMILES string of the molecule is CN[C@@H](C)C(=O)N[C@@H](Cc1ccccc1)C(=O)N1CC[C@H]2CCCN(CCc3ccccc3)C[C@H]21. The zero-order valence-corrected chi connectivity index (χ0v) is 21.2. The van der Waals surface area contributed by atoms with Gasteiger partial charge in [-0.15, -0.1) is 0 Å². The normalized spacial score (nSPS) is 22.2. The van der Waals surface area contributed by atoms with Crippen molar-refractivity contribution in [1.29, 1.82) is 0 Å². The maximum atomic E-state index is 13.9. The molecule has 6 heteroatoms. The van der Waals surface area contributed by atoms with Crippen molar-refractivity contribution in [2.24, 2.45) is 5.92 Å². The van der Waals surface area contributed by atoms with Crippen LogP contribution in [0.1, 0.15) is 37.3 Å². The van der Waals surface area contributed by atoms with Crippen LogP contribution in [0.4, 0.5) is 0 Å². The third-order valence-corrected chi connectivity index (χ3v) is 7.75. The molecule has 0 spiro atoms. The van der Waals surface area contributed by atoms with Crippen LogP contribution in [0.3, 0.4) is 0 Å². The number of benzene rings is 2. The Morgan fingerprint density at radius 2 is 1.66 bits per heavy atom. The van der Waals surface area contributed by atoms with Gasteiger partial charge in [-0.25, -0.2) is 0 Å². The molecule has 0 saturated carbocycles. The van der Waals surface area contributed by atoms with E-state index in [1.165, 1.54) is 18.4 Å². The van der Waals surface area contributed by atoms with Crippen molar-refractivity contribution in [3.63, 3.8) is 0 Å². The first kappa shape index (κ1) is 25.4. The third-order valence-electron chi connectivity index (χ3n) is 7.75. The molecule has 0 aliphatic carbocycles. The highest BCUT2D eigenvalue weighted by Crippen LogP contribution is 2.32. The molecule has 35 heavy (non-hydrogen) atoms. The molecule has 188 valence electrons. The number of amides is 2. The molecule has 4 atom stereocenters. The van der Waals surface area contributed by atoms with Crippen LogP contribution in [-0.2, 0) is 22.4 Å². The first-order valence-corrected chi connectivity index (χ1v) is 13.1. The Balaban J connectivity index is 1.46. The minimum Gasteiger partial charge on any atom is -0.343 e. The molecule has 6 nitrogen and oxygen atoms in total. The van der Waals surface area contributed by atoms with Crippen LogP contribution in [-0.4, -0.2) is 73.0 Å². The monoisotopic (exact) mass is 476 g/mol. The fourth-order valence-corrected chi connectivity index (χ4v) is 5.52. The van der Waals surface area contributed by atoms with Crippen molar-refractivity contribution in [2.45, 2.75) is 57.2 Å². The lowest BCUT2D eigenvalue weighted by Crippen LogP contribution is -2.55. The maximum absolute atomic E-state index is 13.9. The summed E-state index contributed by atoms with van der Waals surface area (Å²) < 4.78 is 0. The molecule has 0 aromatic heterocycles. The quantitative estimate of drug-likeness (QED) is 0.584. The fourth-order valence-electron chi connectivity index (χ4n) is 5.52. The van der Waals surface area contributed by atoms with Crippen LogP contribution < -0.4 is 10.6 Å². The number of likely N-dealkylation sites (tertiary alicyclic amines) is 2. The highest BCUT2D eigenvalue weighted by molar-refractivity contribution is 5.90. The lowest BCUT2D eigenvalue weighted by Gasteiger charge is -2.33. The standard InChI is InChI=1S/C29H40N4O2/c1-22(30-2)28(34)31-26(20-24-12-7-4-8-13-24)29(35)33-19-16-25-14-9-17-32(21-27(25)33)18-15-23-10-5-3-6-11-23/h3-8,10-13,22,25-27,30H,9,14-21H2,1-2H3,(H,31,34)/t22-,25+,26-,27+/m0/s1. The topological polar surface area (TPSA) is 64.7 Å². The Morgan fingerprint density at radius 1 is 0.971 bits per heavy atom. The Kier molecular flexibility index (Phi) is 8.94. The molecule has 0 radical (unpaired) electrons. The summed E-state index contributed by atoms with van der Waals surface area (Å²) in [5, 5.41) is 6.04. The minimum absolute atomic E-state index is 0.0583. The fraction of sp³-hybridized carbons (Fsp3) is 0.517. The second kappa shape index (κ2) is 12.3. The predicted octanol–water partition coefficient (Wildman–Crippen LogP) is 2.88. The zero-order chi connectivity index (χ0) is 24.6. The summed E-state index contributed by atoms with van der Waals surface area (Å²) in [6.45, 7) is 5.62. The van der Waals surface area contributed by atoms with Gasteiger partial charge in [-0.1, -0.05) is 60.7 Å². The molecular formula is C29H40N4O2. The van der Waals surface area contributed by atoms with Gasteiger partial charge in [-0.05, 0) is 63.2 Å². The molecule has 2 heterocycles. The highest BCUT2D eigenvalue weighted by Gasteiger charge is 2.41. The van der Waals surface area contributed by atoms with Gasteiger partial charge in [0, 0.05) is 32.1 Å². The molecule has 2 aliphatic rings. The maximum Gasteiger partial charge on any atom is 0.245 e. The van der Waals surface area contributed by atoms with E-state index in [1.807, 2.05) is 37.3 Å². The smallest absolute Gasteiger partial charge is 0.245 e. The molecule has 2 aromatic carbocycles. The van der Waals surface area contributed by atoms with E-state index in [-0.39, 0.29) is 23.9 Å². The highest BCUT2D eigenvalue weighted by atomic mass is 16.2. The van der Waals surface area contributed by atoms with E-state index in [0.717, 1.165) is 44.6 Å². The number of hydrogen-bond donors (Lipinski definition) is 2. The summed E-state index contributed by atoms with van der Waals surface area (Å²) in [4.78, 5) is 31.3. The van der Waals surface area contributed by atoms with Gasteiger partial charge in [0.05, 0.1) is 6.04 Å². The van der Waals surface area contributed by atoms with E-state index in [1.54, 1.807) is 7.05 Å². The van der Waals surface area contributed by atoms with Crippen LogP contribution in [0, 0.1) is 5.92 Å². The summed E-state index contributed by atoms with van der Waals surface area (Å²) in [5.74, 6) is 0.468. The number of carbonyl (C=O) groups excluding carboxylic acids is 2. The number of likely N-dealkylation sites (N-methyl/N-ethyl adjacent to an activating group) is 1. The number of hydrogen-bond acceptors (Lipinski definition) is 4. The van der Waals surface area contributed by atoms with E-state index < -0.39 is 6.04 Å². The molecule has 2 N–H and O–H groups in total. The number of fused-ring (bicyclic) bond motifs is 1. The molecule has 0 bridgehead atoms. The number of carbonyl (C=O) groups is 2. The van der Waals surface area contributed by atoms with Crippen molar-refractivity contribution < 1.29 is 9.59 Å². The average molecular weight is 477 g/mol. The van der Waals surface area contributed by atoms with Crippen molar-refractivity contribution in [3.8, 4) is 0 Å². The third kappa shape index (κ3) is 6.71. The minimum atomic E-state index is -0.555. The van der Waals surface area contributed by atoms with Gasteiger partial charge in [0.15, 0.2) is 0 Å². The van der Waals surface area contributed by atoms with Gasteiger partial charge in [-0.2, -0.15) is 0 Å². The molecular weight excluding hydrogens is 436 g/mol. The Bertz CT molecular complexity index is 952. The van der Waals surface area contributed by atoms with Crippen LogP contribution >= 0.6 is 0 Å². The average Bonchev–Trinajstić information content (AvgIpc) is 3.17. The van der Waals surface area contributed by atoms with Crippen LogP contribution in [0.25, 0.3) is 0 Å². The van der Waals surface area contributed by atoms with Gasteiger partial charge in [0.1, 0.15) is 6.04 Å². The molecule has 4 rings (SSSR count). The zero-order valence-electron chi connectivity index (χ0n) is 21.2. The van der Waals surface area contributed by atoms with Crippen molar-refractivity contribution >= 4 is 11.8 Å². The van der Waals surface area contributed by atoms with Gasteiger partial charge in [0.2, 0.25) is 11.8 Å². The van der Waals surface area contributed by atoms with E-state index >= 15 is 0 Å². The van der Waals surface area contributed by atoms with E-state index in [0.29, 0.717) is 12.3 Å². The summed E-state index contributed by atoms with van der Waals surface area (Å²) in [7, 11) is 1.76. The van der Waals surface area contributed by atoms with Gasteiger partial charge >= 0.3 is 0 Å². The number of rotatable bonds is 9. The number of nitrogens with zero attached hydrogens (tertiary/aromatic N) is 2. The second-order valence-electron chi connectivity index (χ2n) is 10.1. The number of nitrogens with one attached hydrogen (secondary N) is 2. The summed E-state index contributed by atoms with van der Waals surface area (Å²) in [6.07, 6.45) is 4.95. The van der Waals surface area contributed by atoms with E-state index in [9.17, 15) is 9.59 Å². The lowest BCUT2D eigenvalue weighted by atomic mass is 9.96. The Hall–Kier alpha value is -2.70. The van der Waals surface area contributed by atoms with Crippen molar-refractivity contribution in [2.75, 3.05) is 33.2 Å². The van der Waals surface area contributed by atoms with Crippen LogP contribution in [0.15, 0.2) is 60.7 Å². The van der Waals surface area contributed by atoms with Gasteiger partial charge in [-0.3, -0.25) is 9.59 Å². The second-order valence-corrected chi connectivity index (χ2v) is 10.1. The first-order valence-electron chi connectivity index (χ1n) is 13.1. The molecule has 2 aromatic rings. The largest absolute Gasteiger partial charge is 0.343 e. The molecule has 0 unspecified atom stereocenters. The predicted molar refractivity (Wildman–Crippen MR) is 140 cm³/mol. The Labute approximate surface area is 210 Å². The van der Waals surface area contributed by atoms with Crippen LogP contribution in [0.5, 0.6) is 0 Å².